The van der Waals surface area contributed by atoms with Crippen molar-refractivity contribution in [2.75, 3.05) is 50.1 Å². The molecule has 0 spiro atoms. The van der Waals surface area contributed by atoms with Crippen molar-refractivity contribution in [1.29, 1.82) is 0 Å². The van der Waals surface area contributed by atoms with Crippen LogP contribution in [0.25, 0.3) is 11.4 Å². The summed E-state index contributed by atoms with van der Waals surface area (Å²) in [6.45, 7) is 9.55. The van der Waals surface area contributed by atoms with Crippen LogP contribution in [0.1, 0.15) is 18.9 Å². The fourth-order valence-corrected chi connectivity index (χ4v) is 4.08. The molecule has 31 heavy (non-hydrogen) atoms. The summed E-state index contributed by atoms with van der Waals surface area (Å²) < 4.78 is 10.5. The molecule has 1 N–H and O–H groups in total. The zero-order chi connectivity index (χ0) is 21.6. The van der Waals surface area contributed by atoms with Gasteiger partial charge in [-0.15, -0.1) is 0 Å². The third-order valence-electron chi connectivity index (χ3n) is 5.75. The number of hydrogen-bond donors (Lipinski definition) is 1. The van der Waals surface area contributed by atoms with Gasteiger partial charge in [-0.2, -0.15) is 4.98 Å². The number of nitrogens with zero attached hydrogens (tertiary/aromatic N) is 4. The van der Waals surface area contributed by atoms with Gasteiger partial charge in [0.1, 0.15) is 5.75 Å². The maximum atomic E-state index is 5.33. The monoisotopic (exact) mass is 421 g/mol. The van der Waals surface area contributed by atoms with Gasteiger partial charge in [0.05, 0.1) is 7.11 Å². The second-order valence-electron chi connectivity index (χ2n) is 8.11. The van der Waals surface area contributed by atoms with Crippen molar-refractivity contribution in [3.8, 4) is 17.1 Å². The Morgan fingerprint density at radius 3 is 2.74 bits per heavy atom. The number of aromatic nitrogens is 2. The Kier molecular flexibility index (Phi) is 6.72. The SMILES string of the molecule is COc1ccc(-c2noc(NCCCN3CCN(c4cccc(C)c4)[C@@H](C)C3)n2)cc1. The topological polar surface area (TPSA) is 66.7 Å². The van der Waals surface area contributed by atoms with Crippen molar-refractivity contribution in [2.45, 2.75) is 26.3 Å². The van der Waals surface area contributed by atoms with E-state index in [2.05, 4.69) is 63.4 Å². The number of aryl methyl sites for hydroxylation is 1. The minimum absolute atomic E-state index is 0.462. The molecule has 0 amide bonds. The number of benzene rings is 2. The highest BCUT2D eigenvalue weighted by Crippen LogP contribution is 2.22. The Morgan fingerprint density at radius 1 is 1.16 bits per heavy atom. The molecular weight excluding hydrogens is 390 g/mol. The highest BCUT2D eigenvalue weighted by Gasteiger charge is 2.23. The Balaban J connectivity index is 1.20. The lowest BCUT2D eigenvalue weighted by Gasteiger charge is -2.41. The molecule has 2 aromatic carbocycles. The van der Waals surface area contributed by atoms with Gasteiger partial charge in [-0.3, -0.25) is 4.90 Å². The average Bonchev–Trinajstić information content (AvgIpc) is 3.26. The molecule has 2 heterocycles. The smallest absolute Gasteiger partial charge is 0.321 e. The molecule has 7 nitrogen and oxygen atoms in total. The predicted octanol–water partition coefficient (Wildman–Crippen LogP) is 4.07. The van der Waals surface area contributed by atoms with E-state index in [9.17, 15) is 0 Å². The molecule has 0 unspecified atom stereocenters. The normalized spacial score (nSPS) is 17.0. The summed E-state index contributed by atoms with van der Waals surface area (Å²) in [5.41, 5.74) is 3.55. The molecule has 1 aliphatic rings. The summed E-state index contributed by atoms with van der Waals surface area (Å²) in [7, 11) is 1.65. The maximum absolute atomic E-state index is 5.33. The van der Waals surface area contributed by atoms with Gasteiger partial charge in [0.25, 0.3) is 0 Å². The van der Waals surface area contributed by atoms with Crippen molar-refractivity contribution in [3.05, 3.63) is 54.1 Å². The molecule has 1 aliphatic heterocycles. The summed E-state index contributed by atoms with van der Waals surface area (Å²) in [4.78, 5) is 9.48. The fraction of sp³-hybridized carbons (Fsp3) is 0.417. The number of rotatable bonds is 8. The molecule has 1 saturated heterocycles. The quantitative estimate of drug-likeness (QED) is 0.550. The van der Waals surface area contributed by atoms with E-state index >= 15 is 0 Å². The van der Waals surface area contributed by atoms with Crippen LogP contribution in [0.15, 0.2) is 53.1 Å². The summed E-state index contributed by atoms with van der Waals surface area (Å²) in [5, 5.41) is 7.31. The maximum Gasteiger partial charge on any atom is 0.321 e. The van der Waals surface area contributed by atoms with Crippen LogP contribution in [0, 0.1) is 6.92 Å². The number of ether oxygens (including phenoxy) is 1. The first-order valence-electron chi connectivity index (χ1n) is 10.9. The lowest BCUT2D eigenvalue weighted by Crippen LogP contribution is -2.52. The molecule has 0 saturated carbocycles. The zero-order valence-corrected chi connectivity index (χ0v) is 18.5. The molecular formula is C24H31N5O2. The second-order valence-corrected chi connectivity index (χ2v) is 8.11. The molecule has 0 radical (unpaired) electrons. The summed E-state index contributed by atoms with van der Waals surface area (Å²) in [6, 6.07) is 17.4. The minimum atomic E-state index is 0.462. The van der Waals surface area contributed by atoms with Gasteiger partial charge in [-0.1, -0.05) is 17.3 Å². The van der Waals surface area contributed by atoms with Crippen LogP contribution < -0.4 is 15.0 Å². The van der Waals surface area contributed by atoms with Gasteiger partial charge in [-0.05, 0) is 68.8 Å². The van der Waals surface area contributed by atoms with E-state index in [4.69, 9.17) is 9.26 Å². The highest BCUT2D eigenvalue weighted by atomic mass is 16.5. The van der Waals surface area contributed by atoms with E-state index in [0.29, 0.717) is 17.9 Å². The van der Waals surface area contributed by atoms with E-state index < -0.39 is 0 Å². The minimum Gasteiger partial charge on any atom is -0.497 e. The van der Waals surface area contributed by atoms with Crippen molar-refractivity contribution in [3.63, 3.8) is 0 Å². The molecule has 164 valence electrons. The van der Waals surface area contributed by atoms with Gasteiger partial charge >= 0.3 is 6.01 Å². The van der Waals surface area contributed by atoms with Gasteiger partial charge in [-0.25, -0.2) is 0 Å². The lowest BCUT2D eigenvalue weighted by atomic mass is 10.1. The summed E-state index contributed by atoms with van der Waals surface area (Å²) >= 11 is 0. The van der Waals surface area contributed by atoms with Crippen LogP contribution in [0.2, 0.25) is 0 Å². The molecule has 3 aromatic rings. The predicted molar refractivity (Wildman–Crippen MR) is 124 cm³/mol. The van der Waals surface area contributed by atoms with Crippen LogP contribution in [-0.4, -0.2) is 60.9 Å². The summed E-state index contributed by atoms with van der Waals surface area (Å²) in [6.07, 6.45) is 1.03. The number of hydrogen-bond acceptors (Lipinski definition) is 7. The third-order valence-corrected chi connectivity index (χ3v) is 5.75. The van der Waals surface area contributed by atoms with Crippen LogP contribution in [0.4, 0.5) is 11.7 Å². The van der Waals surface area contributed by atoms with E-state index in [1.807, 2.05) is 24.3 Å². The Hall–Kier alpha value is -3.06. The first-order chi connectivity index (χ1) is 15.1. The molecule has 1 atom stereocenters. The van der Waals surface area contributed by atoms with Crippen molar-refractivity contribution in [2.24, 2.45) is 0 Å². The lowest BCUT2D eigenvalue weighted by molar-refractivity contribution is 0.228. The molecule has 1 fully saturated rings. The van der Waals surface area contributed by atoms with Crippen LogP contribution in [0.5, 0.6) is 5.75 Å². The Morgan fingerprint density at radius 2 is 2.00 bits per heavy atom. The first kappa shape index (κ1) is 21.2. The van der Waals surface area contributed by atoms with E-state index in [0.717, 1.165) is 50.5 Å². The van der Waals surface area contributed by atoms with E-state index in [-0.39, 0.29) is 0 Å². The molecule has 4 rings (SSSR count). The van der Waals surface area contributed by atoms with Gasteiger partial charge in [0.2, 0.25) is 5.82 Å². The van der Waals surface area contributed by atoms with Crippen LogP contribution >= 0.6 is 0 Å². The first-order valence-corrected chi connectivity index (χ1v) is 10.9. The fourth-order valence-electron chi connectivity index (χ4n) is 4.08. The number of nitrogens with one attached hydrogen (secondary N) is 1. The molecule has 1 aromatic heterocycles. The average molecular weight is 422 g/mol. The van der Waals surface area contributed by atoms with Crippen molar-refractivity contribution >= 4 is 11.7 Å². The standard InChI is InChI=1S/C24H31N5O2/c1-18-6-4-7-21(16-18)29-15-14-28(17-19(29)2)13-5-12-25-24-26-23(27-31-24)20-8-10-22(30-3)11-9-20/h4,6-11,16,19H,5,12-15,17H2,1-3H3,(H,25,26,27)/t19-/m0/s1. The van der Waals surface area contributed by atoms with Crippen LogP contribution in [0.3, 0.4) is 0 Å². The van der Waals surface area contributed by atoms with Crippen molar-refractivity contribution < 1.29 is 9.26 Å². The molecule has 7 heteroatoms. The van der Waals surface area contributed by atoms with Crippen molar-refractivity contribution in [1.82, 2.24) is 15.0 Å². The van der Waals surface area contributed by atoms with E-state index in [1.165, 1.54) is 11.3 Å². The third kappa shape index (κ3) is 5.35. The zero-order valence-electron chi connectivity index (χ0n) is 18.5. The number of anilines is 2. The van der Waals surface area contributed by atoms with Gasteiger partial charge < -0.3 is 19.5 Å². The van der Waals surface area contributed by atoms with Gasteiger partial charge in [0, 0.05) is 43.5 Å². The highest BCUT2D eigenvalue weighted by molar-refractivity contribution is 5.56. The largest absolute Gasteiger partial charge is 0.497 e. The Labute approximate surface area is 184 Å². The number of piperazine rings is 1. The van der Waals surface area contributed by atoms with Crippen LogP contribution in [-0.2, 0) is 0 Å². The Bertz CT molecular complexity index is 972. The second kappa shape index (κ2) is 9.83. The molecule has 0 aliphatic carbocycles. The van der Waals surface area contributed by atoms with Gasteiger partial charge in [0.15, 0.2) is 0 Å². The summed E-state index contributed by atoms with van der Waals surface area (Å²) in [5.74, 6) is 1.38. The van der Waals surface area contributed by atoms with E-state index in [1.54, 1.807) is 7.11 Å². The molecule has 0 bridgehead atoms. The number of methoxy groups -OCH3 is 1.